The zero-order chi connectivity index (χ0) is 18.8. The van der Waals surface area contributed by atoms with E-state index >= 15 is 0 Å². The number of nitrogens with zero attached hydrogens (tertiary/aromatic N) is 4. The maximum Gasteiger partial charge on any atom is 0.222 e. The summed E-state index contributed by atoms with van der Waals surface area (Å²) in [7, 11) is 1.66. The van der Waals surface area contributed by atoms with Crippen LogP contribution < -0.4 is 10.5 Å². The molecule has 0 amide bonds. The molecule has 26 heavy (non-hydrogen) atoms. The Balaban J connectivity index is 2.11. The summed E-state index contributed by atoms with van der Waals surface area (Å²) in [6, 6.07) is 0. The van der Waals surface area contributed by atoms with Gasteiger partial charge in [-0.2, -0.15) is 4.98 Å². The van der Waals surface area contributed by atoms with Crippen LogP contribution in [-0.2, 0) is 13.0 Å². The number of hydrogen-bond acceptors (Lipinski definition) is 6. The Hall–Kier alpha value is -2.38. The van der Waals surface area contributed by atoms with E-state index in [0.29, 0.717) is 30.1 Å². The second-order valence-corrected chi connectivity index (χ2v) is 6.58. The zero-order valence-corrected chi connectivity index (χ0v) is 15.8. The largest absolute Gasteiger partial charge is 0.496 e. The van der Waals surface area contributed by atoms with Gasteiger partial charge in [-0.1, -0.05) is 11.6 Å². The minimum absolute atomic E-state index is 0.0955. The van der Waals surface area contributed by atoms with Crippen LogP contribution in [0.4, 0.5) is 5.95 Å². The van der Waals surface area contributed by atoms with E-state index in [0.717, 1.165) is 33.7 Å². The molecule has 138 valence electrons. The van der Waals surface area contributed by atoms with Crippen molar-refractivity contribution >= 4 is 28.6 Å². The molecule has 0 saturated heterocycles. The van der Waals surface area contributed by atoms with Crippen molar-refractivity contribution in [3.05, 3.63) is 39.9 Å². The maximum atomic E-state index is 9.15. The quantitative estimate of drug-likeness (QED) is 0.642. The van der Waals surface area contributed by atoms with Gasteiger partial charge in [0.25, 0.3) is 0 Å². The van der Waals surface area contributed by atoms with Crippen molar-refractivity contribution < 1.29 is 9.84 Å². The Labute approximate surface area is 156 Å². The Kier molecular flexibility index (Phi) is 5.29. The normalized spacial score (nSPS) is 11.3. The number of methoxy groups -OCH3 is 1. The number of pyridine rings is 1. The van der Waals surface area contributed by atoms with E-state index in [1.54, 1.807) is 7.11 Å². The molecule has 3 aromatic rings. The predicted octanol–water partition coefficient (Wildman–Crippen LogP) is 2.66. The van der Waals surface area contributed by atoms with Crippen molar-refractivity contribution in [2.24, 2.45) is 0 Å². The summed E-state index contributed by atoms with van der Waals surface area (Å²) in [5.74, 6) is 0.973. The number of nitrogen functional groups attached to an aromatic ring is 1. The Morgan fingerprint density at radius 1 is 1.31 bits per heavy atom. The summed E-state index contributed by atoms with van der Waals surface area (Å²) in [6.45, 7) is 4.68. The first-order chi connectivity index (χ1) is 12.5. The van der Waals surface area contributed by atoms with Crippen LogP contribution in [0.2, 0.25) is 5.15 Å². The number of aromatic nitrogens is 4. The lowest BCUT2D eigenvalue weighted by atomic mass is 10.1. The molecule has 0 aliphatic heterocycles. The average Bonchev–Trinajstić information content (AvgIpc) is 2.93. The number of aliphatic hydroxyl groups is 1. The lowest BCUT2D eigenvalue weighted by Crippen LogP contribution is -2.01. The molecule has 3 rings (SSSR count). The molecule has 7 nitrogen and oxygen atoms in total. The minimum Gasteiger partial charge on any atom is -0.496 e. The minimum atomic E-state index is 0.0955. The van der Waals surface area contributed by atoms with Crippen molar-refractivity contribution in [1.29, 1.82) is 0 Å². The highest BCUT2D eigenvalue weighted by Crippen LogP contribution is 2.30. The summed E-state index contributed by atoms with van der Waals surface area (Å²) in [6.07, 6.45) is 4.97. The summed E-state index contributed by atoms with van der Waals surface area (Å²) in [4.78, 5) is 13.0. The van der Waals surface area contributed by atoms with Crippen LogP contribution in [0.15, 0.2) is 12.4 Å². The zero-order valence-electron chi connectivity index (χ0n) is 15.1. The number of ether oxygens (including phenoxy) is 1. The number of anilines is 1. The highest BCUT2D eigenvalue weighted by atomic mass is 35.5. The monoisotopic (exact) mass is 375 g/mol. The van der Waals surface area contributed by atoms with Crippen molar-refractivity contribution in [2.45, 2.75) is 33.2 Å². The first-order valence-corrected chi connectivity index (χ1v) is 8.74. The number of rotatable bonds is 6. The number of aryl methyl sites for hydroxylation is 2. The van der Waals surface area contributed by atoms with E-state index < -0.39 is 0 Å². The van der Waals surface area contributed by atoms with Gasteiger partial charge in [0.1, 0.15) is 11.3 Å². The summed E-state index contributed by atoms with van der Waals surface area (Å²) >= 11 is 6.31. The van der Waals surface area contributed by atoms with Gasteiger partial charge in [-0.3, -0.25) is 4.98 Å². The lowest BCUT2D eigenvalue weighted by Gasteiger charge is -2.11. The van der Waals surface area contributed by atoms with Crippen molar-refractivity contribution in [1.82, 2.24) is 19.5 Å². The standard InChI is InChI=1S/C18H22ClN5O2/c1-10-8-21-13(11(2)16(10)26-3)7-12-9-24(5-4-6-25)15-14(12)22-18(20)23-17(15)19/h8-9,25H,4-7H2,1-3H3,(H2,20,22,23). The second-order valence-electron chi connectivity index (χ2n) is 6.22. The lowest BCUT2D eigenvalue weighted by molar-refractivity contribution is 0.280. The fourth-order valence-electron chi connectivity index (χ4n) is 3.21. The molecule has 3 N–H and O–H groups in total. The van der Waals surface area contributed by atoms with Crippen LogP contribution in [-0.4, -0.2) is 38.3 Å². The van der Waals surface area contributed by atoms with Gasteiger partial charge in [0.2, 0.25) is 5.95 Å². The van der Waals surface area contributed by atoms with Gasteiger partial charge < -0.3 is 20.1 Å². The topological polar surface area (TPSA) is 99.1 Å². The van der Waals surface area contributed by atoms with Gasteiger partial charge >= 0.3 is 0 Å². The molecule has 3 heterocycles. The molecule has 0 aliphatic rings. The fraction of sp³-hybridized carbons (Fsp3) is 0.389. The van der Waals surface area contributed by atoms with Crippen molar-refractivity contribution in [3.63, 3.8) is 0 Å². The van der Waals surface area contributed by atoms with Gasteiger partial charge in [-0.15, -0.1) is 0 Å². The number of halogens is 1. The summed E-state index contributed by atoms with van der Waals surface area (Å²) < 4.78 is 7.46. The Bertz CT molecular complexity index is 955. The Morgan fingerprint density at radius 2 is 2.08 bits per heavy atom. The molecular formula is C18H22ClN5O2. The molecule has 0 saturated carbocycles. The van der Waals surface area contributed by atoms with E-state index in [2.05, 4.69) is 15.0 Å². The third-order valence-corrected chi connectivity index (χ3v) is 4.69. The summed E-state index contributed by atoms with van der Waals surface area (Å²) in [5.41, 5.74) is 11.1. The van der Waals surface area contributed by atoms with E-state index in [-0.39, 0.29) is 12.6 Å². The average molecular weight is 376 g/mol. The highest BCUT2D eigenvalue weighted by molar-refractivity contribution is 6.33. The highest BCUT2D eigenvalue weighted by Gasteiger charge is 2.18. The first kappa shape index (κ1) is 18.4. The van der Waals surface area contributed by atoms with Gasteiger partial charge in [0.05, 0.1) is 18.3 Å². The number of fused-ring (bicyclic) bond motifs is 1. The molecule has 3 aromatic heterocycles. The van der Waals surface area contributed by atoms with E-state index in [4.69, 9.17) is 27.2 Å². The Morgan fingerprint density at radius 3 is 2.77 bits per heavy atom. The van der Waals surface area contributed by atoms with Crippen LogP contribution in [0.1, 0.15) is 28.8 Å². The second kappa shape index (κ2) is 7.47. The van der Waals surface area contributed by atoms with Gasteiger partial charge in [0.15, 0.2) is 5.15 Å². The molecule has 0 aliphatic carbocycles. The molecule has 0 bridgehead atoms. The first-order valence-electron chi connectivity index (χ1n) is 8.36. The molecule has 0 radical (unpaired) electrons. The predicted molar refractivity (Wildman–Crippen MR) is 102 cm³/mol. The third-order valence-electron chi connectivity index (χ3n) is 4.43. The molecule has 0 unspecified atom stereocenters. The molecule has 8 heteroatoms. The summed E-state index contributed by atoms with van der Waals surface area (Å²) in [5, 5.41) is 9.46. The number of hydrogen-bond donors (Lipinski definition) is 2. The van der Waals surface area contributed by atoms with Crippen molar-refractivity contribution in [3.8, 4) is 5.75 Å². The van der Waals surface area contributed by atoms with Crippen LogP contribution in [0.25, 0.3) is 11.0 Å². The maximum absolute atomic E-state index is 9.15. The SMILES string of the molecule is COc1c(C)cnc(Cc2cn(CCCO)c3c(Cl)nc(N)nc23)c1C. The smallest absolute Gasteiger partial charge is 0.222 e. The molecule has 0 fully saturated rings. The number of nitrogens with two attached hydrogens (primary N) is 1. The van der Waals surface area contributed by atoms with Gasteiger partial charge in [-0.25, -0.2) is 4.98 Å². The van der Waals surface area contributed by atoms with E-state index in [1.807, 2.05) is 30.8 Å². The van der Waals surface area contributed by atoms with Crippen LogP contribution in [0.3, 0.4) is 0 Å². The van der Waals surface area contributed by atoms with Crippen LogP contribution in [0.5, 0.6) is 5.75 Å². The molecule has 0 aromatic carbocycles. The molecule has 0 atom stereocenters. The molecule has 0 spiro atoms. The fourth-order valence-corrected chi connectivity index (χ4v) is 3.50. The van der Waals surface area contributed by atoms with Gasteiger partial charge in [0, 0.05) is 48.7 Å². The molecular weight excluding hydrogens is 354 g/mol. The van der Waals surface area contributed by atoms with Crippen LogP contribution >= 0.6 is 11.6 Å². The third kappa shape index (κ3) is 3.32. The van der Waals surface area contributed by atoms with Crippen LogP contribution in [0, 0.1) is 13.8 Å². The number of aliphatic hydroxyl groups excluding tert-OH is 1. The van der Waals surface area contributed by atoms with E-state index in [1.165, 1.54) is 0 Å². The van der Waals surface area contributed by atoms with Crippen molar-refractivity contribution in [2.75, 3.05) is 19.5 Å². The van der Waals surface area contributed by atoms with Gasteiger partial charge in [-0.05, 0) is 20.3 Å². The van der Waals surface area contributed by atoms with E-state index in [9.17, 15) is 0 Å².